The van der Waals surface area contributed by atoms with Crippen molar-refractivity contribution in [2.75, 3.05) is 36.0 Å². The average molecular weight is 332 g/mol. The van der Waals surface area contributed by atoms with Crippen molar-refractivity contribution < 1.29 is 8.42 Å². The third-order valence-electron chi connectivity index (χ3n) is 3.54. The molecule has 0 atom stereocenters. The van der Waals surface area contributed by atoms with Gasteiger partial charge in [0.2, 0.25) is 0 Å². The summed E-state index contributed by atoms with van der Waals surface area (Å²) in [7, 11) is -2.90. The molecule has 2 heterocycles. The van der Waals surface area contributed by atoms with E-state index in [1.165, 1.54) is 0 Å². The number of halogens is 1. The van der Waals surface area contributed by atoms with Crippen LogP contribution in [-0.4, -0.2) is 44.5 Å². The van der Waals surface area contributed by atoms with Crippen LogP contribution in [0.15, 0.2) is 12.3 Å². The highest BCUT2D eigenvalue weighted by atomic mass is 35.5. The van der Waals surface area contributed by atoms with Crippen LogP contribution in [0.4, 0.5) is 5.82 Å². The second-order valence-corrected chi connectivity index (χ2v) is 8.01. The Hall–Kier alpha value is -0.850. The summed E-state index contributed by atoms with van der Waals surface area (Å²) in [5.74, 6) is 1.27. The predicted octanol–water partition coefficient (Wildman–Crippen LogP) is 1.86. The van der Waals surface area contributed by atoms with Crippen LogP contribution < -0.4 is 10.2 Å². The van der Waals surface area contributed by atoms with Crippen LogP contribution in [0.1, 0.15) is 25.3 Å². The maximum Gasteiger partial charge on any atom is 0.152 e. The van der Waals surface area contributed by atoms with Gasteiger partial charge in [-0.3, -0.25) is 0 Å². The van der Waals surface area contributed by atoms with Gasteiger partial charge in [0.1, 0.15) is 5.82 Å². The molecule has 0 amide bonds. The molecule has 118 valence electrons. The Morgan fingerprint density at radius 3 is 2.95 bits per heavy atom. The van der Waals surface area contributed by atoms with E-state index in [0.29, 0.717) is 24.5 Å². The number of pyridine rings is 1. The van der Waals surface area contributed by atoms with Crippen LogP contribution in [-0.2, 0) is 16.4 Å². The first kappa shape index (κ1) is 16.5. The molecule has 7 heteroatoms. The topological polar surface area (TPSA) is 62.3 Å². The van der Waals surface area contributed by atoms with Gasteiger partial charge in [0.15, 0.2) is 9.84 Å². The van der Waals surface area contributed by atoms with Crippen molar-refractivity contribution in [2.24, 2.45) is 0 Å². The fourth-order valence-corrected chi connectivity index (χ4v) is 3.79. The summed E-state index contributed by atoms with van der Waals surface area (Å²) in [5, 5.41) is 3.96. The minimum absolute atomic E-state index is 0.195. The highest BCUT2D eigenvalue weighted by Gasteiger charge is 2.20. The summed E-state index contributed by atoms with van der Waals surface area (Å²) >= 11 is 6.17. The van der Waals surface area contributed by atoms with Gasteiger partial charge in [-0.15, -0.1) is 0 Å². The SMILES string of the molecule is CCCNCc1cc(N2CCCS(=O)(=O)CC2)ncc1Cl. The molecule has 2 rings (SSSR count). The first-order valence-electron chi connectivity index (χ1n) is 7.32. The predicted molar refractivity (Wildman–Crippen MR) is 86.7 cm³/mol. The van der Waals surface area contributed by atoms with E-state index >= 15 is 0 Å². The maximum atomic E-state index is 11.7. The fraction of sp³-hybridized carbons (Fsp3) is 0.643. The van der Waals surface area contributed by atoms with Crippen molar-refractivity contribution >= 4 is 27.3 Å². The van der Waals surface area contributed by atoms with Crippen molar-refractivity contribution in [1.29, 1.82) is 0 Å². The van der Waals surface area contributed by atoms with Crippen LogP contribution in [0.5, 0.6) is 0 Å². The number of aromatic nitrogens is 1. The molecule has 1 aromatic heterocycles. The van der Waals surface area contributed by atoms with E-state index in [9.17, 15) is 8.42 Å². The Morgan fingerprint density at radius 1 is 1.38 bits per heavy atom. The highest BCUT2D eigenvalue weighted by Crippen LogP contribution is 2.21. The lowest BCUT2D eigenvalue weighted by Crippen LogP contribution is -2.27. The standard InChI is InChI=1S/C14H22ClN3O2S/c1-2-4-16-10-12-9-14(17-11-13(12)15)18-5-3-7-21(19,20)8-6-18/h9,11,16H,2-8,10H2,1H3. The first-order chi connectivity index (χ1) is 10.0. The third-order valence-corrected chi connectivity index (χ3v) is 5.60. The van der Waals surface area contributed by atoms with Crippen molar-refractivity contribution in [1.82, 2.24) is 10.3 Å². The number of anilines is 1. The van der Waals surface area contributed by atoms with Crippen molar-refractivity contribution in [3.63, 3.8) is 0 Å². The second kappa shape index (κ2) is 7.42. The lowest BCUT2D eigenvalue weighted by Gasteiger charge is -2.21. The van der Waals surface area contributed by atoms with E-state index in [1.54, 1.807) is 6.20 Å². The molecule has 0 aromatic carbocycles. The second-order valence-electron chi connectivity index (χ2n) is 5.30. The van der Waals surface area contributed by atoms with Gasteiger partial charge in [0, 0.05) is 25.8 Å². The molecular formula is C14H22ClN3O2S. The van der Waals surface area contributed by atoms with Gasteiger partial charge in [-0.05, 0) is 31.0 Å². The van der Waals surface area contributed by atoms with Crippen LogP contribution >= 0.6 is 11.6 Å². The maximum absolute atomic E-state index is 11.7. The summed E-state index contributed by atoms with van der Waals surface area (Å²) < 4.78 is 23.3. The fourth-order valence-electron chi connectivity index (χ4n) is 2.34. The van der Waals surface area contributed by atoms with Gasteiger partial charge in [0.25, 0.3) is 0 Å². The average Bonchev–Trinajstić information content (AvgIpc) is 2.62. The quantitative estimate of drug-likeness (QED) is 0.834. The van der Waals surface area contributed by atoms with Gasteiger partial charge >= 0.3 is 0 Å². The molecule has 1 aromatic rings. The van der Waals surface area contributed by atoms with E-state index in [0.717, 1.165) is 30.9 Å². The zero-order valence-electron chi connectivity index (χ0n) is 12.3. The number of sulfone groups is 1. The van der Waals surface area contributed by atoms with Crippen LogP contribution in [0, 0.1) is 0 Å². The van der Waals surface area contributed by atoms with E-state index in [-0.39, 0.29) is 11.5 Å². The van der Waals surface area contributed by atoms with Crippen LogP contribution in [0.2, 0.25) is 5.02 Å². The van der Waals surface area contributed by atoms with Crippen molar-refractivity contribution in [3.8, 4) is 0 Å². The summed E-state index contributed by atoms with van der Waals surface area (Å²) in [5.41, 5.74) is 1.00. The molecule has 1 N–H and O–H groups in total. The molecular weight excluding hydrogens is 310 g/mol. The number of hydrogen-bond acceptors (Lipinski definition) is 5. The minimum Gasteiger partial charge on any atom is -0.356 e. The van der Waals surface area contributed by atoms with E-state index in [4.69, 9.17) is 11.6 Å². The van der Waals surface area contributed by atoms with E-state index in [1.807, 2.05) is 11.0 Å². The molecule has 5 nitrogen and oxygen atoms in total. The zero-order chi connectivity index (χ0) is 15.3. The van der Waals surface area contributed by atoms with Gasteiger partial charge in [-0.2, -0.15) is 0 Å². The molecule has 0 bridgehead atoms. The van der Waals surface area contributed by atoms with E-state index < -0.39 is 9.84 Å². The summed E-state index contributed by atoms with van der Waals surface area (Å²) in [6.45, 7) is 4.98. The van der Waals surface area contributed by atoms with Crippen LogP contribution in [0.25, 0.3) is 0 Å². The Kier molecular flexibility index (Phi) is 5.84. The largest absolute Gasteiger partial charge is 0.356 e. The monoisotopic (exact) mass is 331 g/mol. The smallest absolute Gasteiger partial charge is 0.152 e. The Morgan fingerprint density at radius 2 is 2.19 bits per heavy atom. The highest BCUT2D eigenvalue weighted by molar-refractivity contribution is 7.91. The number of nitrogens with one attached hydrogen (secondary N) is 1. The van der Waals surface area contributed by atoms with Gasteiger partial charge in [0.05, 0.1) is 16.5 Å². The minimum atomic E-state index is -2.90. The molecule has 1 aliphatic rings. The molecule has 1 aliphatic heterocycles. The molecule has 1 fully saturated rings. The molecule has 0 radical (unpaired) electrons. The Balaban J connectivity index is 2.10. The molecule has 0 aliphatic carbocycles. The van der Waals surface area contributed by atoms with Gasteiger partial charge in [-0.1, -0.05) is 18.5 Å². The Labute approximate surface area is 131 Å². The van der Waals surface area contributed by atoms with Crippen molar-refractivity contribution in [2.45, 2.75) is 26.3 Å². The molecule has 0 spiro atoms. The lowest BCUT2D eigenvalue weighted by atomic mass is 10.2. The van der Waals surface area contributed by atoms with E-state index in [2.05, 4.69) is 17.2 Å². The summed E-state index contributed by atoms with van der Waals surface area (Å²) in [6.07, 6.45) is 3.37. The molecule has 0 unspecified atom stereocenters. The summed E-state index contributed by atoms with van der Waals surface area (Å²) in [6, 6.07) is 1.96. The molecule has 21 heavy (non-hydrogen) atoms. The lowest BCUT2D eigenvalue weighted by molar-refractivity contribution is 0.597. The third kappa shape index (κ3) is 4.83. The van der Waals surface area contributed by atoms with Crippen LogP contribution in [0.3, 0.4) is 0 Å². The number of rotatable bonds is 5. The zero-order valence-corrected chi connectivity index (χ0v) is 13.9. The molecule has 1 saturated heterocycles. The number of hydrogen-bond donors (Lipinski definition) is 1. The number of nitrogens with zero attached hydrogens (tertiary/aromatic N) is 2. The first-order valence-corrected chi connectivity index (χ1v) is 9.52. The molecule has 0 saturated carbocycles. The van der Waals surface area contributed by atoms with Crippen molar-refractivity contribution in [3.05, 3.63) is 22.8 Å². The normalized spacial score (nSPS) is 18.5. The van der Waals surface area contributed by atoms with Gasteiger partial charge < -0.3 is 10.2 Å². The summed E-state index contributed by atoms with van der Waals surface area (Å²) in [4.78, 5) is 6.38. The Bertz CT molecular complexity index is 578. The van der Waals surface area contributed by atoms with Gasteiger partial charge in [-0.25, -0.2) is 13.4 Å².